The summed E-state index contributed by atoms with van der Waals surface area (Å²) in [6, 6.07) is 6.83. The molecule has 0 aromatic heterocycles. The average Bonchev–Trinajstić information content (AvgIpc) is 2.92. The fraction of sp³-hybridized carbons (Fsp3) is 0.625. The number of nitrogens with zero attached hydrogens (tertiary/aromatic N) is 1. The minimum Gasteiger partial charge on any atom is -0.493 e. The normalized spacial score (nSPS) is 24.2. The number of fused-ring (bicyclic) bond motifs is 1. The van der Waals surface area contributed by atoms with Crippen LogP contribution < -0.4 is 10.1 Å². The van der Waals surface area contributed by atoms with E-state index in [1.165, 1.54) is 11.1 Å². The van der Waals surface area contributed by atoms with Crippen LogP contribution in [-0.4, -0.2) is 50.9 Å². The fourth-order valence-corrected chi connectivity index (χ4v) is 3.10. The van der Waals surface area contributed by atoms with Gasteiger partial charge in [0.25, 0.3) is 0 Å². The van der Waals surface area contributed by atoms with E-state index in [0.29, 0.717) is 0 Å². The zero-order chi connectivity index (χ0) is 13.9. The van der Waals surface area contributed by atoms with Gasteiger partial charge in [-0.1, -0.05) is 19.1 Å². The first-order chi connectivity index (χ1) is 9.78. The first-order valence-corrected chi connectivity index (χ1v) is 7.57. The molecule has 1 aromatic carbocycles. The smallest absolute Gasteiger partial charge is 0.122 e. The minimum atomic E-state index is 0.217. The molecule has 2 aliphatic heterocycles. The second-order valence-corrected chi connectivity index (χ2v) is 5.67. The van der Waals surface area contributed by atoms with Crippen molar-refractivity contribution >= 4 is 0 Å². The Hall–Kier alpha value is -1.10. The summed E-state index contributed by atoms with van der Waals surface area (Å²) >= 11 is 0. The van der Waals surface area contributed by atoms with Gasteiger partial charge in [0.2, 0.25) is 0 Å². The molecular weight excluding hydrogens is 252 g/mol. The Morgan fingerprint density at radius 2 is 2.30 bits per heavy atom. The van der Waals surface area contributed by atoms with Crippen molar-refractivity contribution in [2.75, 3.05) is 39.9 Å². The van der Waals surface area contributed by atoms with Crippen LogP contribution in [0, 0.1) is 0 Å². The van der Waals surface area contributed by atoms with Crippen molar-refractivity contribution in [1.29, 1.82) is 0 Å². The number of likely N-dealkylation sites (N-methyl/N-ethyl adjacent to an activating group) is 2. The summed E-state index contributed by atoms with van der Waals surface area (Å²) in [6.07, 6.45) is 1.24. The SMILES string of the molecule is CCNC(c1ccc2c(c1)CCO2)C1CN(C)CCO1. The molecule has 0 saturated carbocycles. The van der Waals surface area contributed by atoms with Crippen LogP contribution in [0.5, 0.6) is 5.75 Å². The van der Waals surface area contributed by atoms with E-state index in [2.05, 4.69) is 42.4 Å². The molecule has 1 N–H and O–H groups in total. The summed E-state index contributed by atoms with van der Waals surface area (Å²) in [5, 5.41) is 3.59. The Morgan fingerprint density at radius 3 is 3.10 bits per heavy atom. The van der Waals surface area contributed by atoms with Crippen LogP contribution >= 0.6 is 0 Å². The third kappa shape index (κ3) is 2.82. The number of nitrogens with one attached hydrogen (secondary N) is 1. The summed E-state index contributed by atoms with van der Waals surface area (Å²) in [5.74, 6) is 1.05. The van der Waals surface area contributed by atoms with Crippen LogP contribution in [0.25, 0.3) is 0 Å². The van der Waals surface area contributed by atoms with Crippen molar-refractivity contribution < 1.29 is 9.47 Å². The molecule has 0 spiro atoms. The molecule has 4 nitrogen and oxygen atoms in total. The van der Waals surface area contributed by atoms with Crippen LogP contribution in [0.4, 0.5) is 0 Å². The van der Waals surface area contributed by atoms with E-state index in [-0.39, 0.29) is 12.1 Å². The molecule has 3 rings (SSSR count). The van der Waals surface area contributed by atoms with Gasteiger partial charge in [-0.25, -0.2) is 0 Å². The van der Waals surface area contributed by atoms with Crippen molar-refractivity contribution in [1.82, 2.24) is 10.2 Å². The van der Waals surface area contributed by atoms with Gasteiger partial charge in [-0.15, -0.1) is 0 Å². The summed E-state index contributed by atoms with van der Waals surface area (Å²) in [7, 11) is 2.16. The second-order valence-electron chi connectivity index (χ2n) is 5.67. The van der Waals surface area contributed by atoms with Crippen molar-refractivity contribution in [2.24, 2.45) is 0 Å². The molecule has 20 heavy (non-hydrogen) atoms. The lowest BCUT2D eigenvalue weighted by Crippen LogP contribution is -2.46. The van der Waals surface area contributed by atoms with Gasteiger partial charge >= 0.3 is 0 Å². The van der Waals surface area contributed by atoms with Gasteiger partial charge in [-0.3, -0.25) is 0 Å². The highest BCUT2D eigenvalue weighted by molar-refractivity contribution is 5.41. The Morgan fingerprint density at radius 1 is 1.40 bits per heavy atom. The summed E-state index contributed by atoms with van der Waals surface area (Å²) in [6.45, 7) is 6.72. The van der Waals surface area contributed by atoms with Crippen LogP contribution in [-0.2, 0) is 11.2 Å². The molecule has 110 valence electrons. The maximum atomic E-state index is 6.00. The highest BCUT2D eigenvalue weighted by Crippen LogP contribution is 2.30. The minimum absolute atomic E-state index is 0.217. The van der Waals surface area contributed by atoms with Crippen molar-refractivity contribution in [3.63, 3.8) is 0 Å². The van der Waals surface area contributed by atoms with Crippen LogP contribution in [0.3, 0.4) is 0 Å². The summed E-state index contributed by atoms with van der Waals surface area (Å²) in [5.41, 5.74) is 2.64. The third-order valence-electron chi connectivity index (χ3n) is 4.17. The molecule has 1 fully saturated rings. The summed E-state index contributed by atoms with van der Waals surface area (Å²) < 4.78 is 11.6. The molecule has 0 bridgehead atoms. The molecule has 1 saturated heterocycles. The van der Waals surface area contributed by atoms with E-state index in [1.807, 2.05) is 0 Å². The van der Waals surface area contributed by atoms with E-state index in [9.17, 15) is 0 Å². The third-order valence-corrected chi connectivity index (χ3v) is 4.17. The first kappa shape index (κ1) is 13.9. The molecule has 2 aliphatic rings. The van der Waals surface area contributed by atoms with E-state index in [4.69, 9.17) is 9.47 Å². The molecule has 0 aliphatic carbocycles. The maximum absolute atomic E-state index is 6.00. The van der Waals surface area contributed by atoms with E-state index >= 15 is 0 Å². The summed E-state index contributed by atoms with van der Waals surface area (Å²) in [4.78, 5) is 2.34. The Bertz CT molecular complexity index is 464. The zero-order valence-electron chi connectivity index (χ0n) is 12.4. The number of morpholine rings is 1. The standard InChI is InChI=1S/C16H24N2O2/c1-3-17-16(15-11-18(2)7-9-20-15)13-4-5-14-12(10-13)6-8-19-14/h4-5,10,15-17H,3,6-9,11H2,1-2H3. The molecular formula is C16H24N2O2. The monoisotopic (exact) mass is 276 g/mol. The van der Waals surface area contributed by atoms with Crippen molar-refractivity contribution in [2.45, 2.75) is 25.5 Å². The zero-order valence-corrected chi connectivity index (χ0v) is 12.4. The van der Waals surface area contributed by atoms with Gasteiger partial charge in [0.1, 0.15) is 5.75 Å². The molecule has 2 unspecified atom stereocenters. The number of hydrogen-bond donors (Lipinski definition) is 1. The van der Waals surface area contributed by atoms with Crippen molar-refractivity contribution in [3.8, 4) is 5.75 Å². The molecule has 2 atom stereocenters. The number of hydrogen-bond acceptors (Lipinski definition) is 4. The van der Waals surface area contributed by atoms with Gasteiger partial charge < -0.3 is 19.7 Å². The topological polar surface area (TPSA) is 33.7 Å². The quantitative estimate of drug-likeness (QED) is 0.906. The largest absolute Gasteiger partial charge is 0.493 e. The molecule has 1 aromatic rings. The second kappa shape index (κ2) is 6.12. The van der Waals surface area contributed by atoms with E-state index < -0.39 is 0 Å². The number of rotatable bonds is 4. The molecule has 0 amide bonds. The Kier molecular flexibility index (Phi) is 4.24. The highest BCUT2D eigenvalue weighted by atomic mass is 16.5. The lowest BCUT2D eigenvalue weighted by Gasteiger charge is -2.36. The van der Waals surface area contributed by atoms with Gasteiger partial charge in [0, 0.05) is 19.5 Å². The van der Waals surface area contributed by atoms with Crippen LogP contribution in [0.15, 0.2) is 18.2 Å². The molecule has 4 heteroatoms. The maximum Gasteiger partial charge on any atom is 0.122 e. The predicted octanol–water partition coefficient (Wildman–Crippen LogP) is 1.60. The highest BCUT2D eigenvalue weighted by Gasteiger charge is 2.28. The lowest BCUT2D eigenvalue weighted by atomic mass is 9.97. The Labute approximate surface area is 121 Å². The lowest BCUT2D eigenvalue weighted by molar-refractivity contribution is -0.0390. The number of ether oxygens (including phenoxy) is 2. The fourth-order valence-electron chi connectivity index (χ4n) is 3.10. The van der Waals surface area contributed by atoms with Gasteiger partial charge in [-0.05, 0) is 30.8 Å². The average molecular weight is 276 g/mol. The van der Waals surface area contributed by atoms with Gasteiger partial charge in [0.05, 0.1) is 25.4 Å². The molecule has 0 radical (unpaired) electrons. The van der Waals surface area contributed by atoms with Crippen molar-refractivity contribution in [3.05, 3.63) is 29.3 Å². The van der Waals surface area contributed by atoms with Crippen LogP contribution in [0.2, 0.25) is 0 Å². The van der Waals surface area contributed by atoms with E-state index in [0.717, 1.165) is 45.0 Å². The number of benzene rings is 1. The predicted molar refractivity (Wildman–Crippen MR) is 79.3 cm³/mol. The van der Waals surface area contributed by atoms with Crippen LogP contribution in [0.1, 0.15) is 24.1 Å². The molecule has 2 heterocycles. The first-order valence-electron chi connectivity index (χ1n) is 7.57. The van der Waals surface area contributed by atoms with E-state index in [1.54, 1.807) is 0 Å². The Balaban J connectivity index is 1.82. The van der Waals surface area contributed by atoms with Gasteiger partial charge in [-0.2, -0.15) is 0 Å². The van der Waals surface area contributed by atoms with Gasteiger partial charge in [0.15, 0.2) is 0 Å².